The maximum absolute atomic E-state index is 10.7. The second-order valence-electron chi connectivity index (χ2n) is 3.83. The fourth-order valence-electron chi connectivity index (χ4n) is 1.61. The van der Waals surface area contributed by atoms with Gasteiger partial charge in [-0.05, 0) is 18.2 Å². The van der Waals surface area contributed by atoms with E-state index in [2.05, 4.69) is 10.2 Å². The lowest BCUT2D eigenvalue weighted by atomic mass is 10.2. The first-order valence-corrected chi connectivity index (χ1v) is 5.37. The van der Waals surface area contributed by atoms with E-state index in [1.54, 1.807) is 18.2 Å². The van der Waals surface area contributed by atoms with Crippen molar-refractivity contribution in [3.8, 4) is 23.0 Å². The average molecular weight is 263 g/mol. The highest BCUT2D eigenvalue weighted by Gasteiger charge is 2.22. The molecule has 8 heteroatoms. The van der Waals surface area contributed by atoms with Gasteiger partial charge in [-0.3, -0.25) is 0 Å². The van der Waals surface area contributed by atoms with Crippen molar-refractivity contribution in [2.24, 2.45) is 5.73 Å². The molecule has 19 heavy (non-hydrogen) atoms. The molecule has 0 amide bonds. The Morgan fingerprint density at radius 2 is 2.11 bits per heavy atom. The Labute approximate surface area is 106 Å². The summed E-state index contributed by atoms with van der Waals surface area (Å²) in [7, 11) is 0. The summed E-state index contributed by atoms with van der Waals surface area (Å²) in [6, 6.07) is 3.75. The van der Waals surface area contributed by atoms with Gasteiger partial charge in [0, 0.05) is 5.56 Å². The molecule has 0 spiro atoms. The Balaban J connectivity index is 1.92. The van der Waals surface area contributed by atoms with Gasteiger partial charge < -0.3 is 24.7 Å². The summed E-state index contributed by atoms with van der Waals surface area (Å²) >= 11 is 0. The van der Waals surface area contributed by atoms with Gasteiger partial charge in [0.05, 0.1) is 0 Å². The molecule has 0 fully saturated rings. The van der Waals surface area contributed by atoms with Gasteiger partial charge in [0.2, 0.25) is 18.6 Å². The van der Waals surface area contributed by atoms with E-state index < -0.39 is 12.0 Å². The van der Waals surface area contributed by atoms with Crippen LogP contribution in [0.15, 0.2) is 22.6 Å². The number of ether oxygens (including phenoxy) is 2. The van der Waals surface area contributed by atoms with Gasteiger partial charge in [0.1, 0.15) is 0 Å². The third-order valence-corrected chi connectivity index (χ3v) is 2.59. The summed E-state index contributed by atoms with van der Waals surface area (Å²) in [5, 5.41) is 16.1. The Morgan fingerprint density at radius 1 is 1.32 bits per heavy atom. The highest BCUT2D eigenvalue weighted by Crippen LogP contribution is 2.35. The van der Waals surface area contributed by atoms with Crippen LogP contribution in [-0.4, -0.2) is 28.1 Å². The molecule has 2 aromatic rings. The summed E-state index contributed by atoms with van der Waals surface area (Å²) in [5.74, 6) is -0.0171. The van der Waals surface area contributed by atoms with Gasteiger partial charge in [0.25, 0.3) is 0 Å². The molecule has 3 N–H and O–H groups in total. The van der Waals surface area contributed by atoms with Crippen molar-refractivity contribution in [3.05, 3.63) is 24.1 Å². The fraction of sp³-hybridized carbons (Fsp3) is 0.182. The smallest absolute Gasteiger partial charge is 0.330 e. The number of hydrogen-bond donors (Lipinski definition) is 2. The van der Waals surface area contributed by atoms with Crippen LogP contribution < -0.4 is 15.2 Å². The molecule has 1 aromatic carbocycles. The zero-order chi connectivity index (χ0) is 13.4. The molecular weight excluding hydrogens is 254 g/mol. The molecule has 0 saturated heterocycles. The molecule has 3 rings (SSSR count). The van der Waals surface area contributed by atoms with Crippen LogP contribution in [0.2, 0.25) is 0 Å². The molecule has 1 unspecified atom stereocenters. The molecule has 2 heterocycles. The van der Waals surface area contributed by atoms with E-state index >= 15 is 0 Å². The predicted molar refractivity (Wildman–Crippen MR) is 60.4 cm³/mol. The van der Waals surface area contributed by atoms with Crippen molar-refractivity contribution in [2.45, 2.75) is 6.04 Å². The molecular formula is C11H9N3O5. The number of carbonyl (C=O) groups is 1. The lowest BCUT2D eigenvalue weighted by Crippen LogP contribution is -2.20. The second kappa shape index (κ2) is 4.25. The van der Waals surface area contributed by atoms with Crippen LogP contribution in [0, 0.1) is 0 Å². The van der Waals surface area contributed by atoms with Crippen molar-refractivity contribution in [1.29, 1.82) is 0 Å². The van der Waals surface area contributed by atoms with E-state index in [4.69, 9.17) is 24.7 Å². The van der Waals surface area contributed by atoms with Crippen LogP contribution in [-0.2, 0) is 4.79 Å². The van der Waals surface area contributed by atoms with Crippen molar-refractivity contribution >= 4 is 5.97 Å². The first-order valence-electron chi connectivity index (χ1n) is 5.37. The molecule has 0 radical (unpaired) electrons. The molecule has 1 aliphatic rings. The van der Waals surface area contributed by atoms with Gasteiger partial charge >= 0.3 is 5.97 Å². The number of carboxylic acids is 1. The lowest BCUT2D eigenvalue weighted by molar-refractivity contribution is -0.139. The normalized spacial score (nSPS) is 14.4. The van der Waals surface area contributed by atoms with E-state index in [0.717, 1.165) is 0 Å². The molecule has 8 nitrogen and oxygen atoms in total. The number of nitrogens with two attached hydrogens (primary N) is 1. The van der Waals surface area contributed by atoms with E-state index in [9.17, 15) is 4.79 Å². The number of rotatable bonds is 3. The number of hydrogen-bond acceptors (Lipinski definition) is 7. The minimum absolute atomic E-state index is 0.153. The summed E-state index contributed by atoms with van der Waals surface area (Å²) in [4.78, 5) is 10.7. The molecule has 1 aliphatic heterocycles. The zero-order valence-corrected chi connectivity index (χ0v) is 9.57. The summed E-state index contributed by atoms with van der Waals surface area (Å²) < 4.78 is 15.6. The minimum Gasteiger partial charge on any atom is -0.480 e. The van der Waals surface area contributed by atoms with Crippen LogP contribution >= 0.6 is 0 Å². The van der Waals surface area contributed by atoms with Gasteiger partial charge in [-0.2, -0.15) is 0 Å². The number of aliphatic carboxylic acids is 1. The highest BCUT2D eigenvalue weighted by atomic mass is 16.7. The number of benzene rings is 1. The van der Waals surface area contributed by atoms with Crippen molar-refractivity contribution in [3.63, 3.8) is 0 Å². The third-order valence-electron chi connectivity index (χ3n) is 2.59. The number of carboxylic acid groups (broad SMARTS) is 1. The highest BCUT2D eigenvalue weighted by molar-refractivity contribution is 5.73. The molecule has 0 saturated carbocycles. The van der Waals surface area contributed by atoms with E-state index in [1.165, 1.54) is 0 Å². The minimum atomic E-state index is -1.34. The van der Waals surface area contributed by atoms with Crippen molar-refractivity contribution < 1.29 is 23.8 Å². The first kappa shape index (κ1) is 11.5. The molecule has 0 bridgehead atoms. The van der Waals surface area contributed by atoms with Gasteiger partial charge in [-0.15, -0.1) is 10.2 Å². The SMILES string of the molecule is NC(C(=O)O)c1nnc(-c2ccc3c(c2)OCO3)o1. The monoisotopic (exact) mass is 263 g/mol. The Morgan fingerprint density at radius 3 is 2.89 bits per heavy atom. The molecule has 1 atom stereocenters. The number of nitrogens with zero attached hydrogens (tertiary/aromatic N) is 2. The van der Waals surface area contributed by atoms with Crippen LogP contribution in [0.5, 0.6) is 11.5 Å². The van der Waals surface area contributed by atoms with Crippen LogP contribution in [0.25, 0.3) is 11.5 Å². The molecule has 98 valence electrons. The second-order valence-corrected chi connectivity index (χ2v) is 3.83. The van der Waals surface area contributed by atoms with Crippen LogP contribution in [0.3, 0.4) is 0 Å². The van der Waals surface area contributed by atoms with E-state index in [0.29, 0.717) is 17.1 Å². The van der Waals surface area contributed by atoms with Crippen LogP contribution in [0.1, 0.15) is 11.9 Å². The van der Waals surface area contributed by atoms with Crippen molar-refractivity contribution in [1.82, 2.24) is 10.2 Å². The topological polar surface area (TPSA) is 121 Å². The van der Waals surface area contributed by atoms with E-state index in [-0.39, 0.29) is 18.6 Å². The average Bonchev–Trinajstić information content (AvgIpc) is 3.05. The lowest BCUT2D eigenvalue weighted by Gasteiger charge is -1.99. The Kier molecular flexibility index (Phi) is 2.57. The van der Waals surface area contributed by atoms with E-state index in [1.807, 2.05) is 0 Å². The fourth-order valence-corrected chi connectivity index (χ4v) is 1.61. The first-order chi connectivity index (χ1) is 9.15. The molecule has 1 aromatic heterocycles. The van der Waals surface area contributed by atoms with Gasteiger partial charge in [0.15, 0.2) is 17.5 Å². The van der Waals surface area contributed by atoms with Gasteiger partial charge in [-0.25, -0.2) is 4.79 Å². The Hall–Kier alpha value is -2.61. The predicted octanol–water partition coefficient (Wildman–Crippen LogP) is 0.550. The third kappa shape index (κ3) is 1.97. The Bertz CT molecular complexity index is 639. The van der Waals surface area contributed by atoms with Crippen molar-refractivity contribution in [2.75, 3.05) is 6.79 Å². The maximum Gasteiger partial charge on any atom is 0.330 e. The zero-order valence-electron chi connectivity index (χ0n) is 9.57. The maximum atomic E-state index is 10.7. The standard InChI is InChI=1S/C11H9N3O5/c12-8(11(15)16)10-14-13-9(19-10)5-1-2-6-7(3-5)18-4-17-6/h1-3,8H,4,12H2,(H,15,16). The van der Waals surface area contributed by atoms with Gasteiger partial charge in [-0.1, -0.05) is 0 Å². The summed E-state index contributed by atoms with van der Waals surface area (Å²) in [6.45, 7) is 0.164. The quantitative estimate of drug-likeness (QED) is 0.823. The molecule has 0 aliphatic carbocycles. The summed E-state index contributed by atoms with van der Waals surface area (Å²) in [5.41, 5.74) is 5.98. The number of aromatic nitrogens is 2. The van der Waals surface area contributed by atoms with Crippen LogP contribution in [0.4, 0.5) is 0 Å². The number of fused-ring (bicyclic) bond motifs is 1. The largest absolute Gasteiger partial charge is 0.480 e. The summed E-state index contributed by atoms with van der Waals surface area (Å²) in [6.07, 6.45) is 0.